The molecule has 0 aromatic rings. The predicted molar refractivity (Wildman–Crippen MR) is 63.4 cm³/mol. The highest BCUT2D eigenvalue weighted by Gasteiger charge is 2.37. The first-order chi connectivity index (χ1) is 7.46. The Morgan fingerprint density at radius 3 is 2.75 bits per heavy atom. The first kappa shape index (κ1) is 13.5. The molecule has 0 radical (unpaired) electrons. The van der Waals surface area contributed by atoms with Crippen molar-refractivity contribution in [1.82, 2.24) is 0 Å². The van der Waals surface area contributed by atoms with Gasteiger partial charge in [0.1, 0.15) is 6.61 Å². The molecule has 94 valence electrons. The van der Waals surface area contributed by atoms with Crippen molar-refractivity contribution in [2.75, 3.05) is 13.2 Å². The third-order valence-corrected chi connectivity index (χ3v) is 3.97. The van der Waals surface area contributed by atoms with E-state index in [1.165, 1.54) is 25.7 Å². The van der Waals surface area contributed by atoms with E-state index in [1.54, 1.807) is 0 Å². The Balaban J connectivity index is 2.54. The van der Waals surface area contributed by atoms with Gasteiger partial charge in [-0.25, -0.2) is 4.79 Å². The Morgan fingerprint density at radius 2 is 2.25 bits per heavy atom. The molecule has 3 heteroatoms. The van der Waals surface area contributed by atoms with Crippen LogP contribution >= 0.6 is 0 Å². The Kier molecular flexibility index (Phi) is 4.78. The first-order valence-electron chi connectivity index (χ1n) is 6.26. The van der Waals surface area contributed by atoms with Gasteiger partial charge in [-0.2, -0.15) is 0 Å². The summed E-state index contributed by atoms with van der Waals surface area (Å²) in [5, 5.41) is 8.59. The van der Waals surface area contributed by atoms with Crippen LogP contribution in [0.25, 0.3) is 0 Å². The fraction of sp³-hybridized carbons (Fsp3) is 0.923. The van der Waals surface area contributed by atoms with Gasteiger partial charge in [-0.15, -0.1) is 0 Å². The molecule has 1 N–H and O–H groups in total. The topological polar surface area (TPSA) is 46.5 Å². The fourth-order valence-electron chi connectivity index (χ4n) is 2.86. The van der Waals surface area contributed by atoms with Crippen molar-refractivity contribution in [2.24, 2.45) is 17.3 Å². The maximum absolute atomic E-state index is 10.5. The number of hydrogen-bond acceptors (Lipinski definition) is 2. The van der Waals surface area contributed by atoms with Gasteiger partial charge in [-0.1, -0.05) is 33.6 Å². The predicted octanol–water partition coefficient (Wildman–Crippen LogP) is 2.94. The molecule has 0 amide bonds. The molecule has 0 spiro atoms. The van der Waals surface area contributed by atoms with Crippen molar-refractivity contribution in [2.45, 2.75) is 46.5 Å². The van der Waals surface area contributed by atoms with Crippen LogP contribution in [0.15, 0.2) is 0 Å². The van der Waals surface area contributed by atoms with Crippen LogP contribution in [0.4, 0.5) is 0 Å². The average molecular weight is 228 g/mol. The molecule has 1 rings (SSSR count). The quantitative estimate of drug-likeness (QED) is 0.787. The lowest BCUT2D eigenvalue weighted by molar-refractivity contribution is -0.144. The molecule has 2 atom stereocenters. The van der Waals surface area contributed by atoms with E-state index in [1.807, 2.05) is 0 Å². The van der Waals surface area contributed by atoms with E-state index in [0.29, 0.717) is 12.5 Å². The van der Waals surface area contributed by atoms with Gasteiger partial charge in [0.15, 0.2) is 0 Å². The van der Waals surface area contributed by atoms with Gasteiger partial charge in [-0.05, 0) is 30.1 Å². The molecular weight excluding hydrogens is 204 g/mol. The normalized spacial score (nSPS) is 30.6. The molecule has 0 aliphatic heterocycles. The Labute approximate surface area is 98.2 Å². The van der Waals surface area contributed by atoms with E-state index in [0.717, 1.165) is 5.92 Å². The molecule has 1 fully saturated rings. The third-order valence-electron chi connectivity index (χ3n) is 3.97. The Hall–Kier alpha value is -0.570. The summed E-state index contributed by atoms with van der Waals surface area (Å²) >= 11 is 0. The second-order valence-corrected chi connectivity index (χ2v) is 5.61. The number of rotatable bonds is 5. The van der Waals surface area contributed by atoms with Crippen LogP contribution in [0.2, 0.25) is 0 Å². The summed E-state index contributed by atoms with van der Waals surface area (Å²) in [4.78, 5) is 10.5. The van der Waals surface area contributed by atoms with E-state index >= 15 is 0 Å². The number of carboxylic acids is 1. The van der Waals surface area contributed by atoms with E-state index in [9.17, 15) is 4.79 Å². The monoisotopic (exact) mass is 228 g/mol. The second kappa shape index (κ2) is 5.67. The zero-order chi connectivity index (χ0) is 12.2. The largest absolute Gasteiger partial charge is 0.480 e. The molecule has 3 nitrogen and oxygen atoms in total. The fourth-order valence-corrected chi connectivity index (χ4v) is 2.86. The highest BCUT2D eigenvalue weighted by Crippen LogP contribution is 2.44. The van der Waals surface area contributed by atoms with Crippen LogP contribution in [0.1, 0.15) is 46.5 Å². The van der Waals surface area contributed by atoms with E-state index in [-0.39, 0.29) is 12.0 Å². The molecule has 0 saturated heterocycles. The SMILES string of the molecule is CC(C)C1(COCC(=O)O)CCC[C@@H](C)C1. The first-order valence-corrected chi connectivity index (χ1v) is 6.26. The lowest BCUT2D eigenvalue weighted by Gasteiger charge is -2.43. The smallest absolute Gasteiger partial charge is 0.329 e. The summed E-state index contributed by atoms with van der Waals surface area (Å²) in [6, 6.07) is 0. The van der Waals surface area contributed by atoms with Crippen molar-refractivity contribution in [3.8, 4) is 0 Å². The third kappa shape index (κ3) is 3.48. The second-order valence-electron chi connectivity index (χ2n) is 5.61. The minimum Gasteiger partial charge on any atom is -0.480 e. The summed E-state index contributed by atoms with van der Waals surface area (Å²) in [5.74, 6) is 0.427. The lowest BCUT2D eigenvalue weighted by Crippen LogP contribution is -2.37. The highest BCUT2D eigenvalue weighted by atomic mass is 16.5. The average Bonchev–Trinajstić information content (AvgIpc) is 2.16. The Bertz CT molecular complexity index is 237. The number of hydrogen-bond donors (Lipinski definition) is 1. The summed E-state index contributed by atoms with van der Waals surface area (Å²) in [6.45, 7) is 7.17. The Morgan fingerprint density at radius 1 is 1.56 bits per heavy atom. The number of aliphatic carboxylic acids is 1. The van der Waals surface area contributed by atoms with Crippen LogP contribution in [0.3, 0.4) is 0 Å². The lowest BCUT2D eigenvalue weighted by atomic mass is 9.64. The van der Waals surface area contributed by atoms with Crippen molar-refractivity contribution in [3.05, 3.63) is 0 Å². The molecule has 0 bridgehead atoms. The molecule has 16 heavy (non-hydrogen) atoms. The zero-order valence-corrected chi connectivity index (χ0v) is 10.7. The van der Waals surface area contributed by atoms with Crippen LogP contribution in [-0.4, -0.2) is 24.3 Å². The van der Waals surface area contributed by atoms with E-state index < -0.39 is 5.97 Å². The molecule has 0 heterocycles. The van der Waals surface area contributed by atoms with Gasteiger partial charge in [0.2, 0.25) is 0 Å². The van der Waals surface area contributed by atoms with Crippen LogP contribution in [0.5, 0.6) is 0 Å². The minimum absolute atomic E-state index is 0.164. The maximum atomic E-state index is 10.5. The highest BCUT2D eigenvalue weighted by molar-refractivity contribution is 5.67. The molecule has 1 aliphatic rings. The summed E-state index contributed by atoms with van der Waals surface area (Å²) in [5.41, 5.74) is 0.202. The van der Waals surface area contributed by atoms with Gasteiger partial charge in [0, 0.05) is 0 Å². The molecule has 0 aromatic heterocycles. The summed E-state index contributed by atoms with van der Waals surface area (Å²) in [6.07, 6.45) is 4.89. The van der Waals surface area contributed by atoms with Crippen molar-refractivity contribution in [3.63, 3.8) is 0 Å². The van der Waals surface area contributed by atoms with Crippen LogP contribution < -0.4 is 0 Å². The van der Waals surface area contributed by atoms with Crippen LogP contribution in [-0.2, 0) is 9.53 Å². The van der Waals surface area contributed by atoms with E-state index in [2.05, 4.69) is 20.8 Å². The van der Waals surface area contributed by atoms with Gasteiger partial charge in [0.25, 0.3) is 0 Å². The zero-order valence-electron chi connectivity index (χ0n) is 10.7. The maximum Gasteiger partial charge on any atom is 0.329 e. The molecule has 1 saturated carbocycles. The minimum atomic E-state index is -0.872. The van der Waals surface area contributed by atoms with Gasteiger partial charge in [0.05, 0.1) is 6.61 Å². The molecule has 1 unspecified atom stereocenters. The van der Waals surface area contributed by atoms with Gasteiger partial charge in [-0.3, -0.25) is 0 Å². The van der Waals surface area contributed by atoms with Gasteiger partial charge < -0.3 is 9.84 Å². The number of carbonyl (C=O) groups is 1. The van der Waals surface area contributed by atoms with Crippen molar-refractivity contribution < 1.29 is 14.6 Å². The van der Waals surface area contributed by atoms with Gasteiger partial charge >= 0.3 is 5.97 Å². The summed E-state index contributed by atoms with van der Waals surface area (Å²) in [7, 11) is 0. The molecular formula is C13H24O3. The molecule has 1 aliphatic carbocycles. The number of carboxylic acid groups (broad SMARTS) is 1. The summed E-state index contributed by atoms with van der Waals surface area (Å²) < 4.78 is 5.35. The van der Waals surface area contributed by atoms with E-state index in [4.69, 9.17) is 9.84 Å². The number of ether oxygens (including phenoxy) is 1. The standard InChI is InChI=1S/C13H24O3/c1-10(2)13(9-16-8-12(14)15)6-4-5-11(3)7-13/h10-11H,4-9H2,1-3H3,(H,14,15)/t11-,13?/m1/s1. The van der Waals surface area contributed by atoms with Crippen LogP contribution in [0, 0.1) is 17.3 Å². The molecule has 0 aromatic carbocycles. The van der Waals surface area contributed by atoms with Crippen molar-refractivity contribution >= 4 is 5.97 Å². The van der Waals surface area contributed by atoms with Crippen molar-refractivity contribution in [1.29, 1.82) is 0 Å².